The van der Waals surface area contributed by atoms with Crippen LogP contribution < -0.4 is 0 Å². The van der Waals surface area contributed by atoms with Crippen molar-refractivity contribution in [2.75, 3.05) is 6.61 Å². The van der Waals surface area contributed by atoms with Gasteiger partial charge >= 0.3 is 5.97 Å². The lowest BCUT2D eigenvalue weighted by Crippen LogP contribution is -2.18. The average Bonchev–Trinajstić information content (AvgIpc) is 2.45. The molecule has 0 saturated heterocycles. The second-order valence-corrected chi connectivity index (χ2v) is 6.08. The van der Waals surface area contributed by atoms with Gasteiger partial charge in [-0.15, -0.1) is 0 Å². The molecule has 2 nitrogen and oxygen atoms in total. The molecule has 0 radical (unpaired) electrons. The van der Waals surface area contributed by atoms with Crippen LogP contribution in [0.2, 0.25) is 0 Å². The van der Waals surface area contributed by atoms with E-state index in [0.717, 1.165) is 11.1 Å². The van der Waals surface area contributed by atoms with Gasteiger partial charge in [-0.1, -0.05) is 63.2 Å². The highest BCUT2D eigenvalue weighted by Gasteiger charge is 2.14. The number of carbonyl (C=O) groups is 1. The van der Waals surface area contributed by atoms with Crippen molar-refractivity contribution in [3.63, 3.8) is 0 Å². The molecule has 0 bridgehead atoms. The van der Waals surface area contributed by atoms with Crippen molar-refractivity contribution < 1.29 is 9.53 Å². The summed E-state index contributed by atoms with van der Waals surface area (Å²) in [6.45, 7) is 6.54. The minimum Gasteiger partial charge on any atom is -0.462 e. The Morgan fingerprint density at radius 1 is 0.900 bits per heavy atom. The standard InChI is InChI=1S/C18H20O2/c1-18(2,3)13-20-17(19)16-11-9-15(10-12-16)14-7-5-4-6-8-14/h4-12H,13H2,1-3H3. The van der Waals surface area contributed by atoms with Gasteiger partial charge in [0.1, 0.15) is 0 Å². The lowest BCUT2D eigenvalue weighted by atomic mass is 9.98. The Hall–Kier alpha value is -2.09. The molecule has 0 spiro atoms. The Kier molecular flexibility index (Phi) is 4.23. The summed E-state index contributed by atoms with van der Waals surface area (Å²) in [5.41, 5.74) is 2.81. The predicted octanol–water partition coefficient (Wildman–Crippen LogP) is 4.56. The second kappa shape index (κ2) is 5.91. The maximum Gasteiger partial charge on any atom is 0.338 e. The van der Waals surface area contributed by atoms with Crippen molar-refractivity contribution in [2.24, 2.45) is 5.41 Å². The Labute approximate surface area is 120 Å². The zero-order chi connectivity index (χ0) is 14.6. The first kappa shape index (κ1) is 14.3. The molecule has 0 fully saturated rings. The molecule has 2 aromatic rings. The zero-order valence-corrected chi connectivity index (χ0v) is 12.2. The highest BCUT2D eigenvalue weighted by Crippen LogP contribution is 2.20. The normalized spacial score (nSPS) is 11.2. The van der Waals surface area contributed by atoms with Gasteiger partial charge in [0.15, 0.2) is 0 Å². The van der Waals surface area contributed by atoms with Gasteiger partial charge in [0, 0.05) is 0 Å². The Bertz CT molecular complexity index is 563. The van der Waals surface area contributed by atoms with Crippen LogP contribution in [0.4, 0.5) is 0 Å². The van der Waals surface area contributed by atoms with Crippen LogP contribution in [-0.4, -0.2) is 12.6 Å². The minimum absolute atomic E-state index is 0.0142. The summed E-state index contributed by atoms with van der Waals surface area (Å²) >= 11 is 0. The highest BCUT2D eigenvalue weighted by atomic mass is 16.5. The number of hydrogen-bond acceptors (Lipinski definition) is 2. The van der Waals surface area contributed by atoms with E-state index in [-0.39, 0.29) is 11.4 Å². The third kappa shape index (κ3) is 3.95. The fraction of sp³-hybridized carbons (Fsp3) is 0.278. The van der Waals surface area contributed by atoms with Crippen molar-refractivity contribution in [3.8, 4) is 11.1 Å². The molecule has 0 aromatic heterocycles. The zero-order valence-electron chi connectivity index (χ0n) is 12.2. The fourth-order valence-corrected chi connectivity index (χ4v) is 1.79. The molecule has 2 heteroatoms. The molecule has 2 rings (SSSR count). The minimum atomic E-state index is -0.264. The number of benzene rings is 2. The molecular formula is C18H20O2. The van der Waals surface area contributed by atoms with Gasteiger partial charge in [-0.3, -0.25) is 0 Å². The molecule has 0 aliphatic rings. The number of esters is 1. The van der Waals surface area contributed by atoms with E-state index < -0.39 is 0 Å². The van der Waals surface area contributed by atoms with Crippen LogP contribution in [0.1, 0.15) is 31.1 Å². The van der Waals surface area contributed by atoms with E-state index in [2.05, 4.69) is 0 Å². The van der Waals surface area contributed by atoms with Gasteiger partial charge in [0.2, 0.25) is 0 Å². The molecule has 104 valence electrons. The highest BCUT2D eigenvalue weighted by molar-refractivity contribution is 5.90. The first-order valence-corrected chi connectivity index (χ1v) is 6.78. The third-order valence-corrected chi connectivity index (χ3v) is 2.86. The van der Waals surface area contributed by atoms with Crippen LogP contribution in [-0.2, 0) is 4.74 Å². The number of ether oxygens (including phenoxy) is 1. The van der Waals surface area contributed by atoms with Crippen LogP contribution in [0.3, 0.4) is 0 Å². The largest absolute Gasteiger partial charge is 0.462 e. The molecule has 0 aliphatic carbocycles. The third-order valence-electron chi connectivity index (χ3n) is 2.86. The summed E-state index contributed by atoms with van der Waals surface area (Å²) < 4.78 is 5.30. The molecule has 0 amide bonds. The summed E-state index contributed by atoms with van der Waals surface area (Å²) in [4.78, 5) is 11.9. The molecule has 20 heavy (non-hydrogen) atoms. The summed E-state index contributed by atoms with van der Waals surface area (Å²) in [7, 11) is 0. The molecular weight excluding hydrogens is 248 g/mol. The van der Waals surface area contributed by atoms with E-state index in [1.54, 1.807) is 0 Å². The van der Waals surface area contributed by atoms with E-state index in [4.69, 9.17) is 4.74 Å². The van der Waals surface area contributed by atoms with E-state index in [1.165, 1.54) is 0 Å². The molecule has 0 heterocycles. The monoisotopic (exact) mass is 268 g/mol. The lowest BCUT2D eigenvalue weighted by molar-refractivity contribution is 0.0367. The topological polar surface area (TPSA) is 26.3 Å². The molecule has 2 aromatic carbocycles. The summed E-state index contributed by atoms with van der Waals surface area (Å²) in [6, 6.07) is 17.6. The van der Waals surface area contributed by atoms with E-state index in [1.807, 2.05) is 75.4 Å². The van der Waals surface area contributed by atoms with Crippen molar-refractivity contribution in [1.29, 1.82) is 0 Å². The van der Waals surface area contributed by atoms with Gasteiger partial charge in [-0.05, 0) is 28.7 Å². The van der Waals surface area contributed by atoms with Gasteiger partial charge in [0.25, 0.3) is 0 Å². The van der Waals surface area contributed by atoms with Gasteiger partial charge < -0.3 is 4.74 Å². The summed E-state index contributed by atoms with van der Waals surface area (Å²) in [5.74, 6) is -0.264. The SMILES string of the molecule is CC(C)(C)COC(=O)c1ccc(-c2ccccc2)cc1. The molecule has 0 unspecified atom stereocenters. The molecule has 0 atom stereocenters. The van der Waals surface area contributed by atoms with Gasteiger partial charge in [-0.25, -0.2) is 4.79 Å². The smallest absolute Gasteiger partial charge is 0.338 e. The summed E-state index contributed by atoms with van der Waals surface area (Å²) in [5, 5.41) is 0. The number of rotatable bonds is 3. The van der Waals surface area contributed by atoms with E-state index >= 15 is 0 Å². The first-order valence-electron chi connectivity index (χ1n) is 6.78. The second-order valence-electron chi connectivity index (χ2n) is 6.08. The van der Waals surface area contributed by atoms with Crippen molar-refractivity contribution in [3.05, 3.63) is 60.2 Å². The van der Waals surface area contributed by atoms with Crippen LogP contribution in [0, 0.1) is 5.41 Å². The summed E-state index contributed by atoms with van der Waals surface area (Å²) in [6.07, 6.45) is 0. The molecule has 0 aliphatic heterocycles. The van der Waals surface area contributed by atoms with Gasteiger partial charge in [-0.2, -0.15) is 0 Å². The van der Waals surface area contributed by atoms with E-state index in [9.17, 15) is 4.79 Å². The maximum atomic E-state index is 11.9. The first-order chi connectivity index (χ1) is 9.46. The lowest BCUT2D eigenvalue weighted by Gasteiger charge is -2.17. The Balaban J connectivity index is 2.07. The quantitative estimate of drug-likeness (QED) is 0.763. The van der Waals surface area contributed by atoms with Gasteiger partial charge in [0.05, 0.1) is 12.2 Å². The van der Waals surface area contributed by atoms with Crippen LogP contribution in [0.15, 0.2) is 54.6 Å². The van der Waals surface area contributed by atoms with Crippen LogP contribution in [0.5, 0.6) is 0 Å². The molecule has 0 N–H and O–H groups in total. The number of hydrogen-bond donors (Lipinski definition) is 0. The fourth-order valence-electron chi connectivity index (χ4n) is 1.79. The Morgan fingerprint density at radius 3 is 2.00 bits per heavy atom. The van der Waals surface area contributed by atoms with Crippen LogP contribution >= 0.6 is 0 Å². The maximum absolute atomic E-state index is 11.9. The number of carbonyl (C=O) groups excluding carboxylic acids is 1. The Morgan fingerprint density at radius 2 is 1.45 bits per heavy atom. The van der Waals surface area contributed by atoms with Crippen LogP contribution in [0.25, 0.3) is 11.1 Å². The average molecular weight is 268 g/mol. The van der Waals surface area contributed by atoms with Crippen molar-refractivity contribution in [1.82, 2.24) is 0 Å². The van der Waals surface area contributed by atoms with Crippen molar-refractivity contribution >= 4 is 5.97 Å². The predicted molar refractivity (Wildman–Crippen MR) is 81.6 cm³/mol. The van der Waals surface area contributed by atoms with Crippen molar-refractivity contribution in [2.45, 2.75) is 20.8 Å². The molecule has 0 saturated carbocycles. The van der Waals surface area contributed by atoms with E-state index in [0.29, 0.717) is 12.2 Å².